The van der Waals surface area contributed by atoms with Gasteiger partial charge in [-0.25, -0.2) is 0 Å². The third-order valence-corrected chi connectivity index (χ3v) is 3.27. The van der Waals surface area contributed by atoms with Gasteiger partial charge in [0, 0.05) is 18.8 Å². The average Bonchev–Trinajstić information content (AvgIpc) is 2.18. The number of unbranched alkanes of at least 4 members (excludes halogenated alkanes) is 4. The largest absolute Gasteiger partial charge is 0.381 e. The van der Waals surface area contributed by atoms with E-state index in [1.807, 2.05) is 0 Å². The van der Waals surface area contributed by atoms with E-state index in [0.29, 0.717) is 0 Å². The highest BCUT2D eigenvalue weighted by Crippen LogP contribution is 2.24. The molecule has 1 rings (SSSR count). The SMILES string of the molecule is CCCCCCCC1(N)CCOCC1. The molecule has 0 aliphatic carbocycles. The Hall–Kier alpha value is -0.0800. The fourth-order valence-electron chi connectivity index (χ4n) is 2.11. The standard InChI is InChI=1S/C12H25NO/c1-2-3-4-5-6-7-12(13)8-10-14-11-9-12/h2-11,13H2,1H3. The summed E-state index contributed by atoms with van der Waals surface area (Å²) in [6.07, 6.45) is 10.0. The Bertz CT molecular complexity index is 141. The fourth-order valence-corrected chi connectivity index (χ4v) is 2.11. The van der Waals surface area contributed by atoms with Gasteiger partial charge in [0.05, 0.1) is 0 Å². The molecular formula is C12H25NO. The minimum atomic E-state index is 0.102. The van der Waals surface area contributed by atoms with Crippen molar-refractivity contribution in [2.24, 2.45) is 5.73 Å². The normalized spacial score (nSPS) is 21.0. The lowest BCUT2D eigenvalue weighted by atomic mass is 9.86. The van der Waals surface area contributed by atoms with Crippen molar-refractivity contribution in [3.63, 3.8) is 0 Å². The van der Waals surface area contributed by atoms with Crippen LogP contribution in [0.25, 0.3) is 0 Å². The molecule has 14 heavy (non-hydrogen) atoms. The van der Waals surface area contributed by atoms with Crippen LogP contribution in [-0.4, -0.2) is 18.8 Å². The third kappa shape index (κ3) is 4.43. The van der Waals surface area contributed by atoms with Gasteiger partial charge in [0.1, 0.15) is 0 Å². The smallest absolute Gasteiger partial charge is 0.0483 e. The molecule has 0 aromatic heterocycles. The Balaban J connectivity index is 2.03. The first kappa shape index (κ1) is 12.0. The van der Waals surface area contributed by atoms with Crippen LogP contribution in [0.5, 0.6) is 0 Å². The van der Waals surface area contributed by atoms with Crippen molar-refractivity contribution in [3.05, 3.63) is 0 Å². The molecule has 1 fully saturated rings. The summed E-state index contributed by atoms with van der Waals surface area (Å²) in [5.41, 5.74) is 6.40. The number of hydrogen-bond acceptors (Lipinski definition) is 2. The molecule has 84 valence electrons. The van der Waals surface area contributed by atoms with Crippen LogP contribution in [0.2, 0.25) is 0 Å². The molecule has 0 unspecified atom stereocenters. The number of rotatable bonds is 6. The van der Waals surface area contributed by atoms with Gasteiger partial charge < -0.3 is 10.5 Å². The van der Waals surface area contributed by atoms with Crippen molar-refractivity contribution in [2.45, 2.75) is 63.8 Å². The van der Waals surface area contributed by atoms with E-state index in [1.165, 1.54) is 38.5 Å². The van der Waals surface area contributed by atoms with Gasteiger partial charge in [0.15, 0.2) is 0 Å². The van der Waals surface area contributed by atoms with Crippen molar-refractivity contribution in [3.8, 4) is 0 Å². The van der Waals surface area contributed by atoms with Gasteiger partial charge in [0.25, 0.3) is 0 Å². The molecule has 0 aromatic rings. The van der Waals surface area contributed by atoms with E-state index < -0.39 is 0 Å². The molecule has 2 nitrogen and oxygen atoms in total. The predicted octanol–water partition coefficient (Wildman–Crippen LogP) is 2.85. The highest BCUT2D eigenvalue weighted by molar-refractivity contribution is 4.85. The Labute approximate surface area is 88.2 Å². The van der Waals surface area contributed by atoms with Gasteiger partial charge in [-0.15, -0.1) is 0 Å². The summed E-state index contributed by atoms with van der Waals surface area (Å²) in [4.78, 5) is 0. The van der Waals surface area contributed by atoms with Crippen molar-refractivity contribution in [2.75, 3.05) is 13.2 Å². The van der Waals surface area contributed by atoms with Gasteiger partial charge in [-0.3, -0.25) is 0 Å². The molecule has 2 N–H and O–H groups in total. The second kappa shape index (κ2) is 6.41. The zero-order valence-corrected chi connectivity index (χ0v) is 9.56. The van der Waals surface area contributed by atoms with Gasteiger partial charge >= 0.3 is 0 Å². The summed E-state index contributed by atoms with van der Waals surface area (Å²) >= 11 is 0. The van der Waals surface area contributed by atoms with E-state index in [9.17, 15) is 0 Å². The molecule has 1 aliphatic rings. The van der Waals surface area contributed by atoms with Gasteiger partial charge in [-0.1, -0.05) is 39.0 Å². The lowest BCUT2D eigenvalue weighted by Gasteiger charge is -2.33. The molecule has 0 radical (unpaired) electrons. The molecule has 0 amide bonds. The van der Waals surface area contributed by atoms with Gasteiger partial charge in [-0.2, -0.15) is 0 Å². The van der Waals surface area contributed by atoms with Crippen LogP contribution >= 0.6 is 0 Å². The molecule has 0 bridgehead atoms. The molecule has 1 heterocycles. The van der Waals surface area contributed by atoms with Crippen LogP contribution < -0.4 is 5.73 Å². The Morgan fingerprint density at radius 2 is 1.71 bits per heavy atom. The zero-order valence-electron chi connectivity index (χ0n) is 9.56. The maximum atomic E-state index is 6.29. The van der Waals surface area contributed by atoms with Crippen LogP contribution in [-0.2, 0) is 4.74 Å². The minimum absolute atomic E-state index is 0.102. The summed E-state index contributed by atoms with van der Waals surface area (Å²) in [7, 11) is 0. The molecule has 1 saturated heterocycles. The molecule has 0 aromatic carbocycles. The summed E-state index contributed by atoms with van der Waals surface area (Å²) < 4.78 is 5.33. The quantitative estimate of drug-likeness (QED) is 0.668. The summed E-state index contributed by atoms with van der Waals surface area (Å²) in [6.45, 7) is 3.99. The lowest BCUT2D eigenvalue weighted by Crippen LogP contribution is -2.44. The third-order valence-electron chi connectivity index (χ3n) is 3.27. The highest BCUT2D eigenvalue weighted by atomic mass is 16.5. The van der Waals surface area contributed by atoms with E-state index in [1.54, 1.807) is 0 Å². The predicted molar refractivity (Wildman–Crippen MR) is 60.3 cm³/mol. The highest BCUT2D eigenvalue weighted by Gasteiger charge is 2.26. The average molecular weight is 199 g/mol. The first-order valence-electron chi connectivity index (χ1n) is 6.13. The monoisotopic (exact) mass is 199 g/mol. The molecule has 0 atom stereocenters. The topological polar surface area (TPSA) is 35.2 Å². The van der Waals surface area contributed by atoms with Crippen LogP contribution in [0.15, 0.2) is 0 Å². The van der Waals surface area contributed by atoms with Crippen LogP contribution in [0.3, 0.4) is 0 Å². The van der Waals surface area contributed by atoms with Crippen LogP contribution in [0, 0.1) is 0 Å². The second-order valence-electron chi connectivity index (χ2n) is 4.64. The first-order chi connectivity index (χ1) is 6.77. The summed E-state index contributed by atoms with van der Waals surface area (Å²) in [6, 6.07) is 0. The fraction of sp³-hybridized carbons (Fsp3) is 1.00. The van der Waals surface area contributed by atoms with E-state index in [-0.39, 0.29) is 5.54 Å². The Morgan fingerprint density at radius 1 is 1.07 bits per heavy atom. The van der Waals surface area contributed by atoms with E-state index in [4.69, 9.17) is 10.5 Å². The molecule has 0 saturated carbocycles. The van der Waals surface area contributed by atoms with E-state index in [2.05, 4.69) is 6.92 Å². The Kier molecular flexibility index (Phi) is 5.49. The second-order valence-corrected chi connectivity index (χ2v) is 4.64. The van der Waals surface area contributed by atoms with Crippen molar-refractivity contribution in [1.29, 1.82) is 0 Å². The van der Waals surface area contributed by atoms with Crippen molar-refractivity contribution >= 4 is 0 Å². The van der Waals surface area contributed by atoms with Crippen molar-refractivity contribution < 1.29 is 4.74 Å². The van der Waals surface area contributed by atoms with Crippen molar-refractivity contribution in [1.82, 2.24) is 0 Å². The van der Waals surface area contributed by atoms with Crippen LogP contribution in [0.1, 0.15) is 58.3 Å². The number of ether oxygens (including phenoxy) is 1. The van der Waals surface area contributed by atoms with Gasteiger partial charge in [0.2, 0.25) is 0 Å². The maximum absolute atomic E-state index is 6.29. The summed E-state index contributed by atoms with van der Waals surface area (Å²) in [5.74, 6) is 0. The zero-order chi connectivity index (χ0) is 10.3. The maximum Gasteiger partial charge on any atom is 0.0483 e. The molecule has 2 heteroatoms. The lowest BCUT2D eigenvalue weighted by molar-refractivity contribution is 0.0493. The molecular weight excluding hydrogens is 174 g/mol. The summed E-state index contributed by atoms with van der Waals surface area (Å²) in [5, 5.41) is 0. The Morgan fingerprint density at radius 3 is 2.36 bits per heavy atom. The first-order valence-corrected chi connectivity index (χ1v) is 6.13. The molecule has 1 aliphatic heterocycles. The minimum Gasteiger partial charge on any atom is -0.381 e. The molecule has 0 spiro atoms. The van der Waals surface area contributed by atoms with Gasteiger partial charge in [-0.05, 0) is 19.3 Å². The van der Waals surface area contributed by atoms with E-state index in [0.717, 1.165) is 26.1 Å². The number of nitrogens with two attached hydrogens (primary N) is 1. The number of hydrogen-bond donors (Lipinski definition) is 1. The van der Waals surface area contributed by atoms with E-state index >= 15 is 0 Å². The van der Waals surface area contributed by atoms with Crippen LogP contribution in [0.4, 0.5) is 0 Å².